The molecule has 2 aromatic rings. The van der Waals surface area contributed by atoms with Crippen LogP contribution in [0.25, 0.3) is 15.1 Å². The number of rotatable bonds is 3. The smallest absolute Gasteiger partial charge is 0.262 e. The molecule has 0 aliphatic carbocycles. The summed E-state index contributed by atoms with van der Waals surface area (Å²) in [5.41, 5.74) is 1.32. The third-order valence-electron chi connectivity index (χ3n) is 2.11. The Labute approximate surface area is 96.8 Å². The maximum atomic E-state index is 5.33. The van der Waals surface area contributed by atoms with E-state index in [4.69, 9.17) is 6.57 Å². The molecule has 16 heavy (non-hydrogen) atoms. The van der Waals surface area contributed by atoms with Crippen LogP contribution in [0.3, 0.4) is 0 Å². The molecule has 0 saturated heterocycles. The van der Waals surface area contributed by atoms with Crippen molar-refractivity contribution in [3.05, 3.63) is 40.6 Å². The third-order valence-corrected chi connectivity index (χ3v) is 3.20. The summed E-state index contributed by atoms with van der Waals surface area (Å²) in [6.07, 6.45) is 3.42. The monoisotopic (exact) mass is 229 g/mol. The Balaban J connectivity index is 2.50. The lowest BCUT2D eigenvalue weighted by molar-refractivity contribution is 0.962. The van der Waals surface area contributed by atoms with Crippen molar-refractivity contribution in [2.24, 2.45) is 4.99 Å². The van der Waals surface area contributed by atoms with Crippen LogP contribution in [0, 0.1) is 6.57 Å². The highest BCUT2D eigenvalue weighted by Crippen LogP contribution is 2.31. The van der Waals surface area contributed by atoms with Gasteiger partial charge in [0.2, 0.25) is 0 Å². The molecule has 2 aromatic heterocycles. The van der Waals surface area contributed by atoms with Gasteiger partial charge in [-0.2, -0.15) is 0 Å². The average Bonchev–Trinajstić information content (AvgIpc) is 2.72. The summed E-state index contributed by atoms with van der Waals surface area (Å²) < 4.78 is 1.04. The predicted octanol–water partition coefficient (Wildman–Crippen LogP) is 2.91. The third kappa shape index (κ3) is 1.71. The van der Waals surface area contributed by atoms with Crippen LogP contribution in [0.1, 0.15) is 11.0 Å². The summed E-state index contributed by atoms with van der Waals surface area (Å²) in [6, 6.07) is 1.48. The lowest BCUT2D eigenvalue weighted by Crippen LogP contribution is -1.93. The van der Waals surface area contributed by atoms with Gasteiger partial charge in [0.05, 0.1) is 10.9 Å². The Morgan fingerprint density at radius 3 is 3.06 bits per heavy atom. The normalized spacial score (nSPS) is 11.9. The molecular formula is C11H9N4S+. The van der Waals surface area contributed by atoms with Gasteiger partial charge in [0.15, 0.2) is 5.01 Å². The zero-order valence-corrected chi connectivity index (χ0v) is 9.31. The van der Waals surface area contributed by atoms with Gasteiger partial charge in [-0.05, 0) is 12.8 Å². The average molecular weight is 229 g/mol. The Bertz CT molecular complexity index is 560. The zero-order chi connectivity index (χ0) is 11.5. The molecule has 1 unspecified atom stereocenters. The van der Waals surface area contributed by atoms with E-state index in [0.717, 1.165) is 15.2 Å². The Morgan fingerprint density at radius 2 is 2.44 bits per heavy atom. The van der Waals surface area contributed by atoms with Crippen LogP contribution in [0.5, 0.6) is 0 Å². The number of thiazole rings is 1. The second-order valence-electron chi connectivity index (χ2n) is 3.10. The van der Waals surface area contributed by atoms with Crippen molar-refractivity contribution in [3.8, 4) is 6.57 Å². The molecule has 0 aliphatic rings. The van der Waals surface area contributed by atoms with Crippen molar-refractivity contribution in [2.45, 2.75) is 6.04 Å². The summed E-state index contributed by atoms with van der Waals surface area (Å²) >= 11 is 1.50. The SMILES string of the molecule is C#[N+]C(C(=C)N=C)c1nc2cnccc2s1. The number of nitrogens with zero attached hydrogens (tertiary/aromatic N) is 4. The maximum absolute atomic E-state index is 5.33. The highest BCUT2D eigenvalue weighted by atomic mass is 32.1. The molecule has 78 valence electrons. The lowest BCUT2D eigenvalue weighted by Gasteiger charge is -1.94. The predicted molar refractivity (Wildman–Crippen MR) is 67.1 cm³/mol. The van der Waals surface area contributed by atoms with E-state index in [0.29, 0.717) is 5.70 Å². The number of aromatic nitrogens is 2. The van der Waals surface area contributed by atoms with E-state index in [2.05, 4.69) is 33.1 Å². The van der Waals surface area contributed by atoms with Gasteiger partial charge in [-0.1, -0.05) is 11.4 Å². The van der Waals surface area contributed by atoms with Crippen molar-refractivity contribution in [2.75, 3.05) is 0 Å². The first kappa shape index (κ1) is 10.5. The van der Waals surface area contributed by atoms with Crippen LogP contribution in [0.2, 0.25) is 0 Å². The van der Waals surface area contributed by atoms with Crippen molar-refractivity contribution < 1.29 is 0 Å². The van der Waals surface area contributed by atoms with Gasteiger partial charge in [0.25, 0.3) is 6.57 Å². The van der Waals surface area contributed by atoms with Crippen molar-refractivity contribution in [1.29, 1.82) is 0 Å². The maximum Gasteiger partial charge on any atom is 0.363 e. The molecule has 4 nitrogen and oxygen atoms in total. The standard InChI is InChI=1S/C11H9N4S/c1-7(12-2)10(13-3)11-15-8-6-14-5-4-9(8)16-11/h3-6,10H,1-2H2/q+1. The molecule has 0 aromatic carbocycles. The fraction of sp³-hybridized carbons (Fsp3) is 0.0909. The Hall–Kier alpha value is -2.06. The Morgan fingerprint density at radius 1 is 1.62 bits per heavy atom. The molecule has 0 spiro atoms. The topological polar surface area (TPSA) is 42.5 Å². The molecule has 0 N–H and O–H groups in total. The highest BCUT2D eigenvalue weighted by molar-refractivity contribution is 7.18. The van der Waals surface area contributed by atoms with Crippen LogP contribution in [0.15, 0.2) is 35.7 Å². The minimum Gasteiger partial charge on any atom is -0.262 e. The summed E-state index contributed by atoms with van der Waals surface area (Å²) in [7, 11) is 0. The first-order valence-corrected chi connectivity index (χ1v) is 5.34. The van der Waals surface area contributed by atoms with Crippen molar-refractivity contribution >= 4 is 28.3 Å². The first-order valence-electron chi connectivity index (χ1n) is 4.52. The molecule has 0 saturated carbocycles. The Kier molecular flexibility index (Phi) is 2.75. The minimum absolute atomic E-state index is 0.421. The van der Waals surface area contributed by atoms with Crippen LogP contribution in [0.4, 0.5) is 0 Å². The molecule has 0 bridgehead atoms. The van der Waals surface area contributed by atoms with E-state index in [1.807, 2.05) is 6.07 Å². The summed E-state index contributed by atoms with van der Waals surface area (Å²) in [5, 5.41) is 0.753. The summed E-state index contributed by atoms with van der Waals surface area (Å²) in [6.45, 7) is 12.5. The van der Waals surface area contributed by atoms with Crippen LogP contribution in [-0.2, 0) is 0 Å². The number of hydrogen-bond donors (Lipinski definition) is 0. The molecule has 0 radical (unpaired) electrons. The van der Waals surface area contributed by atoms with Crippen LogP contribution >= 0.6 is 11.3 Å². The molecule has 2 rings (SSSR count). The van der Waals surface area contributed by atoms with E-state index in [1.165, 1.54) is 11.3 Å². The number of aliphatic imine (C=N–C) groups is 1. The van der Waals surface area contributed by atoms with Gasteiger partial charge in [0.1, 0.15) is 11.2 Å². The van der Waals surface area contributed by atoms with Crippen molar-refractivity contribution in [1.82, 2.24) is 9.97 Å². The molecule has 0 fully saturated rings. The van der Waals surface area contributed by atoms with Gasteiger partial charge in [-0.3, -0.25) is 9.98 Å². The minimum atomic E-state index is -0.421. The van der Waals surface area contributed by atoms with Gasteiger partial charge < -0.3 is 0 Å². The van der Waals surface area contributed by atoms with E-state index in [1.54, 1.807) is 12.4 Å². The molecule has 2 heterocycles. The molecular weight excluding hydrogens is 220 g/mol. The quantitative estimate of drug-likeness (QED) is 0.759. The first-order chi connectivity index (χ1) is 7.76. The molecule has 0 aliphatic heterocycles. The van der Waals surface area contributed by atoms with E-state index in [-0.39, 0.29) is 0 Å². The molecule has 0 amide bonds. The highest BCUT2D eigenvalue weighted by Gasteiger charge is 2.27. The molecule has 1 atom stereocenters. The fourth-order valence-electron chi connectivity index (χ4n) is 1.29. The summed E-state index contributed by atoms with van der Waals surface area (Å²) in [5.74, 6) is 0. The number of pyridine rings is 1. The zero-order valence-electron chi connectivity index (χ0n) is 8.50. The van der Waals surface area contributed by atoms with Gasteiger partial charge in [0, 0.05) is 6.20 Å². The number of hydrogen-bond acceptors (Lipinski definition) is 4. The lowest BCUT2D eigenvalue weighted by atomic mass is 10.2. The second-order valence-corrected chi connectivity index (χ2v) is 4.16. The van der Waals surface area contributed by atoms with E-state index in [9.17, 15) is 0 Å². The van der Waals surface area contributed by atoms with Gasteiger partial charge in [-0.25, -0.2) is 4.98 Å². The van der Waals surface area contributed by atoms with Crippen LogP contribution in [-0.4, -0.2) is 16.7 Å². The largest absolute Gasteiger partial charge is 0.363 e. The van der Waals surface area contributed by atoms with E-state index >= 15 is 0 Å². The second kappa shape index (κ2) is 4.21. The van der Waals surface area contributed by atoms with Crippen LogP contribution < -0.4 is 0 Å². The van der Waals surface area contributed by atoms with Crippen molar-refractivity contribution in [3.63, 3.8) is 0 Å². The van der Waals surface area contributed by atoms with Gasteiger partial charge in [-0.15, -0.1) is 11.3 Å². The number of fused-ring (bicyclic) bond motifs is 1. The van der Waals surface area contributed by atoms with E-state index < -0.39 is 6.04 Å². The van der Waals surface area contributed by atoms with Gasteiger partial charge >= 0.3 is 6.04 Å². The summed E-state index contributed by atoms with van der Waals surface area (Å²) in [4.78, 5) is 15.8. The molecule has 5 heteroatoms. The fourth-order valence-corrected chi connectivity index (χ4v) is 2.30.